The van der Waals surface area contributed by atoms with Crippen LogP contribution in [-0.4, -0.2) is 19.4 Å². The van der Waals surface area contributed by atoms with E-state index in [0.29, 0.717) is 0 Å². The van der Waals surface area contributed by atoms with Gasteiger partial charge in [-0.25, -0.2) is 0 Å². The number of carbonyl (C=O) groups is 1. The van der Waals surface area contributed by atoms with Gasteiger partial charge < -0.3 is 4.90 Å². The Morgan fingerprint density at radius 2 is 1.87 bits per heavy atom. The minimum Gasteiger partial charge on any atom is -0.372 e. The standard InChI is InChI=1S/C13H19NO/c1-3-5-10-14(4-2)13-8-6-12(11-15)7-9-13/h6-9,11H,3-5,10H2,1-2H3. The highest BCUT2D eigenvalue weighted by Crippen LogP contribution is 2.15. The highest BCUT2D eigenvalue weighted by molar-refractivity contribution is 5.75. The molecule has 0 aromatic heterocycles. The van der Waals surface area contributed by atoms with Gasteiger partial charge in [0.25, 0.3) is 0 Å². The molecule has 0 aliphatic carbocycles. The van der Waals surface area contributed by atoms with Gasteiger partial charge in [-0.2, -0.15) is 0 Å². The molecule has 0 bridgehead atoms. The molecule has 0 saturated heterocycles. The molecule has 0 atom stereocenters. The molecule has 0 aliphatic heterocycles. The molecule has 1 rings (SSSR count). The monoisotopic (exact) mass is 205 g/mol. The lowest BCUT2D eigenvalue weighted by molar-refractivity contribution is 0.112. The van der Waals surface area contributed by atoms with Crippen LogP contribution in [0.1, 0.15) is 37.0 Å². The van der Waals surface area contributed by atoms with Crippen LogP contribution < -0.4 is 4.90 Å². The van der Waals surface area contributed by atoms with Crippen LogP contribution in [0.2, 0.25) is 0 Å². The third-order valence-electron chi connectivity index (χ3n) is 2.56. The van der Waals surface area contributed by atoms with E-state index in [9.17, 15) is 4.79 Å². The Morgan fingerprint density at radius 3 is 2.33 bits per heavy atom. The maximum absolute atomic E-state index is 10.5. The summed E-state index contributed by atoms with van der Waals surface area (Å²) < 4.78 is 0. The SMILES string of the molecule is CCCCN(CC)c1ccc(C=O)cc1. The van der Waals surface area contributed by atoms with E-state index < -0.39 is 0 Å². The van der Waals surface area contributed by atoms with Crippen molar-refractivity contribution in [2.75, 3.05) is 18.0 Å². The number of benzene rings is 1. The molecule has 0 N–H and O–H groups in total. The number of carbonyl (C=O) groups excluding carboxylic acids is 1. The predicted octanol–water partition coefficient (Wildman–Crippen LogP) is 3.13. The van der Waals surface area contributed by atoms with Crippen LogP contribution in [0, 0.1) is 0 Å². The number of hydrogen-bond acceptors (Lipinski definition) is 2. The number of hydrogen-bond donors (Lipinski definition) is 0. The van der Waals surface area contributed by atoms with Crippen LogP contribution in [0.3, 0.4) is 0 Å². The van der Waals surface area contributed by atoms with Gasteiger partial charge in [0, 0.05) is 24.3 Å². The second-order valence-corrected chi connectivity index (χ2v) is 3.64. The summed E-state index contributed by atoms with van der Waals surface area (Å²) in [5.41, 5.74) is 1.95. The number of anilines is 1. The average Bonchev–Trinajstić information content (AvgIpc) is 2.31. The fourth-order valence-electron chi connectivity index (χ4n) is 1.58. The number of rotatable bonds is 6. The van der Waals surface area contributed by atoms with Crippen molar-refractivity contribution in [3.8, 4) is 0 Å². The first kappa shape index (κ1) is 11.8. The summed E-state index contributed by atoms with van der Waals surface area (Å²) in [5, 5.41) is 0. The van der Waals surface area contributed by atoms with Crippen LogP contribution in [-0.2, 0) is 0 Å². The van der Waals surface area contributed by atoms with Crippen molar-refractivity contribution in [2.24, 2.45) is 0 Å². The van der Waals surface area contributed by atoms with Crippen molar-refractivity contribution in [1.82, 2.24) is 0 Å². The lowest BCUT2D eigenvalue weighted by Gasteiger charge is -2.22. The van der Waals surface area contributed by atoms with Crippen LogP contribution >= 0.6 is 0 Å². The molecule has 2 nitrogen and oxygen atoms in total. The number of unbranched alkanes of at least 4 members (excludes halogenated alkanes) is 1. The van der Waals surface area contributed by atoms with Crippen LogP contribution in [0.4, 0.5) is 5.69 Å². The lowest BCUT2D eigenvalue weighted by Crippen LogP contribution is -2.23. The van der Waals surface area contributed by atoms with Crippen molar-refractivity contribution in [3.05, 3.63) is 29.8 Å². The molecule has 0 unspecified atom stereocenters. The average molecular weight is 205 g/mol. The quantitative estimate of drug-likeness (QED) is 0.665. The second kappa shape index (κ2) is 6.23. The van der Waals surface area contributed by atoms with Gasteiger partial charge in [0.1, 0.15) is 6.29 Å². The summed E-state index contributed by atoms with van der Waals surface area (Å²) in [7, 11) is 0. The van der Waals surface area contributed by atoms with Crippen LogP contribution in [0.25, 0.3) is 0 Å². The van der Waals surface area contributed by atoms with E-state index in [1.165, 1.54) is 18.5 Å². The van der Waals surface area contributed by atoms with Gasteiger partial charge in [-0.1, -0.05) is 13.3 Å². The Morgan fingerprint density at radius 1 is 1.20 bits per heavy atom. The van der Waals surface area contributed by atoms with Crippen molar-refractivity contribution >= 4 is 12.0 Å². The van der Waals surface area contributed by atoms with Gasteiger partial charge in [0.05, 0.1) is 0 Å². The van der Waals surface area contributed by atoms with Crippen molar-refractivity contribution in [1.29, 1.82) is 0 Å². The largest absolute Gasteiger partial charge is 0.372 e. The maximum Gasteiger partial charge on any atom is 0.150 e. The van der Waals surface area contributed by atoms with E-state index in [4.69, 9.17) is 0 Å². The topological polar surface area (TPSA) is 20.3 Å². The first-order valence-corrected chi connectivity index (χ1v) is 5.62. The smallest absolute Gasteiger partial charge is 0.150 e. The summed E-state index contributed by atoms with van der Waals surface area (Å²) in [4.78, 5) is 12.8. The molecule has 0 fully saturated rings. The second-order valence-electron chi connectivity index (χ2n) is 3.64. The molecule has 2 heteroatoms. The Bertz CT molecular complexity index is 292. The molecule has 0 amide bonds. The summed E-state index contributed by atoms with van der Waals surface area (Å²) in [6.45, 7) is 6.46. The van der Waals surface area contributed by atoms with Gasteiger partial charge in [-0.05, 0) is 37.6 Å². The summed E-state index contributed by atoms with van der Waals surface area (Å²) in [5.74, 6) is 0. The van der Waals surface area contributed by atoms with Gasteiger partial charge in [0.15, 0.2) is 0 Å². The zero-order valence-electron chi connectivity index (χ0n) is 9.57. The Hall–Kier alpha value is -1.31. The minimum atomic E-state index is 0.741. The zero-order chi connectivity index (χ0) is 11.1. The fraction of sp³-hybridized carbons (Fsp3) is 0.462. The Kier molecular flexibility index (Phi) is 4.88. The summed E-state index contributed by atoms with van der Waals surface area (Å²) in [6.07, 6.45) is 3.30. The maximum atomic E-state index is 10.5. The summed E-state index contributed by atoms with van der Waals surface area (Å²) in [6, 6.07) is 7.78. The molecule has 82 valence electrons. The van der Waals surface area contributed by atoms with E-state index in [1.807, 2.05) is 24.3 Å². The van der Waals surface area contributed by atoms with Gasteiger partial charge in [-0.3, -0.25) is 4.79 Å². The molecule has 1 aromatic rings. The molecule has 0 spiro atoms. The molecule has 0 aliphatic rings. The van der Waals surface area contributed by atoms with Crippen LogP contribution in [0.5, 0.6) is 0 Å². The van der Waals surface area contributed by atoms with E-state index in [1.54, 1.807) is 0 Å². The molecule has 0 saturated carbocycles. The lowest BCUT2D eigenvalue weighted by atomic mass is 10.2. The summed E-state index contributed by atoms with van der Waals surface area (Å²) >= 11 is 0. The third kappa shape index (κ3) is 3.39. The minimum absolute atomic E-state index is 0.741. The first-order chi connectivity index (χ1) is 7.31. The van der Waals surface area contributed by atoms with E-state index in [0.717, 1.165) is 24.9 Å². The normalized spacial score (nSPS) is 10.0. The number of nitrogens with zero attached hydrogens (tertiary/aromatic N) is 1. The molecule has 0 heterocycles. The van der Waals surface area contributed by atoms with Crippen LogP contribution in [0.15, 0.2) is 24.3 Å². The highest BCUT2D eigenvalue weighted by Gasteiger charge is 2.02. The molecule has 0 radical (unpaired) electrons. The molecule has 1 aromatic carbocycles. The number of aldehydes is 1. The van der Waals surface area contributed by atoms with E-state index in [2.05, 4.69) is 18.7 Å². The van der Waals surface area contributed by atoms with E-state index >= 15 is 0 Å². The molecule has 15 heavy (non-hydrogen) atoms. The zero-order valence-corrected chi connectivity index (χ0v) is 9.57. The van der Waals surface area contributed by atoms with Crippen molar-refractivity contribution in [3.63, 3.8) is 0 Å². The third-order valence-corrected chi connectivity index (χ3v) is 2.56. The Balaban J connectivity index is 2.69. The predicted molar refractivity (Wildman–Crippen MR) is 64.6 cm³/mol. The molecular formula is C13H19NO. The van der Waals surface area contributed by atoms with Crippen molar-refractivity contribution < 1.29 is 4.79 Å². The van der Waals surface area contributed by atoms with Gasteiger partial charge in [-0.15, -0.1) is 0 Å². The van der Waals surface area contributed by atoms with Crippen molar-refractivity contribution in [2.45, 2.75) is 26.7 Å². The fourth-order valence-corrected chi connectivity index (χ4v) is 1.58. The molecular weight excluding hydrogens is 186 g/mol. The van der Waals surface area contributed by atoms with E-state index in [-0.39, 0.29) is 0 Å². The van der Waals surface area contributed by atoms with Gasteiger partial charge in [0.2, 0.25) is 0 Å². The van der Waals surface area contributed by atoms with Gasteiger partial charge >= 0.3 is 0 Å². The first-order valence-electron chi connectivity index (χ1n) is 5.62. The Labute approximate surface area is 91.9 Å². The highest BCUT2D eigenvalue weighted by atomic mass is 16.1.